The maximum atomic E-state index is 13.0. The van der Waals surface area contributed by atoms with Crippen LogP contribution >= 0.6 is 0 Å². The number of fused-ring (bicyclic) bond motifs is 4. The van der Waals surface area contributed by atoms with Crippen LogP contribution in [0.5, 0.6) is 11.8 Å². The van der Waals surface area contributed by atoms with Crippen LogP contribution in [0.3, 0.4) is 0 Å². The van der Waals surface area contributed by atoms with Crippen LogP contribution in [0, 0.1) is 44.2 Å². The number of imide groups is 1. The van der Waals surface area contributed by atoms with Crippen molar-refractivity contribution in [1.82, 2.24) is 9.55 Å². The molecule has 9 aromatic carbocycles. The normalized spacial score (nSPS) is 12.8. The van der Waals surface area contributed by atoms with Crippen LogP contribution in [0.2, 0.25) is 0 Å². The zero-order valence-electron chi connectivity index (χ0n) is 52.2. The van der Waals surface area contributed by atoms with E-state index in [-0.39, 0.29) is 51.5 Å². The van der Waals surface area contributed by atoms with Crippen LogP contribution in [0.25, 0.3) is 33.1 Å². The fraction of sp³-hybridized carbons (Fsp3) is 0.0959. The molecule has 23 nitrogen and oxygen atoms in total. The van der Waals surface area contributed by atoms with Gasteiger partial charge in [-0.2, -0.15) is 0 Å². The molecule has 3 amide bonds. The summed E-state index contributed by atoms with van der Waals surface area (Å²) in [5.41, 5.74) is 17.7. The molecule has 0 radical (unpaired) electrons. The number of ether oxygens (including phenoxy) is 1. The van der Waals surface area contributed by atoms with Crippen LogP contribution in [0.1, 0.15) is 75.6 Å². The van der Waals surface area contributed by atoms with E-state index in [0.717, 1.165) is 48.3 Å². The number of aliphatic imine (C=N–C) groups is 2. The number of H-pyrrole nitrogens is 1. The van der Waals surface area contributed by atoms with Gasteiger partial charge >= 0.3 is 0 Å². The molecule has 13 rings (SSSR count). The lowest BCUT2D eigenvalue weighted by Crippen LogP contribution is -2.31. The zero-order valence-corrected chi connectivity index (χ0v) is 52.2. The number of nitrogens with two attached hydrogens (primary N) is 1. The SMILES string of the molecule is CC(=O)n1c(O)c(C(=Nc2ccc(C)cc2)c2ccccc2)c2ccc([N+](=O)[O-])cc21.CCO/C(=C1\C(=O)N(C(C)=O)c2cc([N+](=O)[O-])ccc21)c1ccccc1.Cc1ccc(N=C(c2ccccc2)c2c(O)[nH]c3cc(N)ccc23)cc1.O=C1Cc2ccc([N+](=O)[O-])cc2N1. The molecular weight excluding hydrogens is 1220 g/mol. The fourth-order valence-corrected chi connectivity index (χ4v) is 10.8. The highest BCUT2D eigenvalue weighted by Gasteiger charge is 2.39. The van der Waals surface area contributed by atoms with Crippen LogP contribution < -0.4 is 16.0 Å². The van der Waals surface area contributed by atoms with Gasteiger partial charge in [0.05, 0.1) is 89.7 Å². The van der Waals surface area contributed by atoms with Gasteiger partial charge in [0.1, 0.15) is 5.76 Å². The molecule has 0 bridgehead atoms. The number of nitrogens with one attached hydrogen (secondary N) is 2. The Bertz CT molecular complexity index is 4970. The largest absolute Gasteiger partial charge is 0.494 e. The Kier molecular flexibility index (Phi) is 19.6. The molecule has 0 saturated heterocycles. The Morgan fingerprint density at radius 2 is 1.09 bits per heavy atom. The van der Waals surface area contributed by atoms with Gasteiger partial charge in [-0.25, -0.2) is 19.5 Å². The lowest BCUT2D eigenvalue weighted by molar-refractivity contribution is -0.385. The minimum absolute atomic E-state index is 0.000880. The molecule has 2 aliphatic rings. The van der Waals surface area contributed by atoms with Gasteiger partial charge < -0.3 is 31.0 Å². The van der Waals surface area contributed by atoms with E-state index in [9.17, 15) is 59.7 Å². The van der Waals surface area contributed by atoms with Crippen molar-refractivity contribution in [1.29, 1.82) is 0 Å². The highest BCUT2D eigenvalue weighted by molar-refractivity contribution is 6.43. The molecule has 4 heterocycles. The minimum Gasteiger partial charge on any atom is -0.494 e. The number of nitrogens with zero attached hydrogens (tertiary/aromatic N) is 7. The Hall–Kier alpha value is -13.2. The summed E-state index contributed by atoms with van der Waals surface area (Å²) in [7, 11) is 0. The van der Waals surface area contributed by atoms with E-state index >= 15 is 0 Å². The molecule has 2 aliphatic heterocycles. The number of anilines is 3. The van der Waals surface area contributed by atoms with E-state index in [1.165, 1.54) is 67.9 Å². The number of carbonyl (C=O) groups excluding carboxylic acids is 4. The van der Waals surface area contributed by atoms with E-state index in [1.54, 1.807) is 25.1 Å². The van der Waals surface area contributed by atoms with Gasteiger partial charge in [0.25, 0.3) is 23.0 Å². The van der Waals surface area contributed by atoms with Gasteiger partial charge in [-0.1, -0.05) is 126 Å². The Morgan fingerprint density at radius 3 is 1.62 bits per heavy atom. The van der Waals surface area contributed by atoms with Gasteiger partial charge in [-0.15, -0.1) is 0 Å². The highest BCUT2D eigenvalue weighted by Crippen LogP contribution is 2.44. The van der Waals surface area contributed by atoms with Gasteiger partial charge in [0, 0.05) is 89.0 Å². The third-order valence-electron chi connectivity index (χ3n) is 15.3. The third kappa shape index (κ3) is 14.3. The van der Waals surface area contributed by atoms with E-state index in [4.69, 9.17) is 20.5 Å². The van der Waals surface area contributed by atoms with Crippen molar-refractivity contribution in [3.63, 3.8) is 0 Å². The number of carbonyl (C=O) groups is 4. The fourth-order valence-electron chi connectivity index (χ4n) is 10.8. The van der Waals surface area contributed by atoms with E-state index in [1.807, 2.05) is 159 Å². The Morgan fingerprint density at radius 1 is 0.594 bits per heavy atom. The monoisotopic (exact) mass is 1280 g/mol. The number of aromatic amines is 1. The molecular formula is C73H60N10O13. The number of non-ortho nitro benzene ring substituents is 3. The molecule has 0 fully saturated rings. The molecule has 0 atom stereocenters. The van der Waals surface area contributed by atoms with Crippen LogP contribution in [0.4, 0.5) is 45.5 Å². The van der Waals surface area contributed by atoms with E-state index in [0.29, 0.717) is 74.9 Å². The number of nitro groups is 3. The molecule has 0 saturated carbocycles. The molecule has 6 N–H and O–H groups in total. The lowest BCUT2D eigenvalue weighted by Gasteiger charge is -2.13. The number of benzene rings is 9. The summed E-state index contributed by atoms with van der Waals surface area (Å²) >= 11 is 0. The van der Waals surface area contributed by atoms with Crippen LogP contribution in [-0.4, -0.2) is 76.2 Å². The maximum Gasteiger partial charge on any atom is 0.271 e. The third-order valence-corrected chi connectivity index (χ3v) is 15.3. The summed E-state index contributed by atoms with van der Waals surface area (Å²) in [6.45, 7) is 8.67. The first-order chi connectivity index (χ1) is 46.1. The number of rotatable bonds is 12. The number of amides is 3. The molecule has 0 unspecified atom stereocenters. The molecule has 0 aliphatic carbocycles. The Labute approximate surface area is 547 Å². The first-order valence-electron chi connectivity index (χ1n) is 29.8. The van der Waals surface area contributed by atoms with Crippen molar-refractivity contribution >= 4 is 114 Å². The summed E-state index contributed by atoms with van der Waals surface area (Å²) < 4.78 is 6.81. The van der Waals surface area contributed by atoms with Gasteiger partial charge in [-0.3, -0.25) is 49.5 Å². The van der Waals surface area contributed by atoms with E-state index < -0.39 is 32.5 Å². The summed E-state index contributed by atoms with van der Waals surface area (Å²) in [6.07, 6.45) is 0.313. The lowest BCUT2D eigenvalue weighted by atomic mass is 10.0. The summed E-state index contributed by atoms with van der Waals surface area (Å²) in [5, 5.41) is 58.3. The number of hydrogen-bond donors (Lipinski definition) is 5. The summed E-state index contributed by atoms with van der Waals surface area (Å²) in [6, 6.07) is 61.9. The van der Waals surface area contributed by atoms with Crippen molar-refractivity contribution < 1.29 is 48.9 Å². The van der Waals surface area contributed by atoms with Crippen LogP contribution in [-0.2, 0) is 25.5 Å². The second-order valence-electron chi connectivity index (χ2n) is 21.9. The minimum atomic E-state index is -0.564. The quantitative estimate of drug-likeness (QED) is 0.0190. The van der Waals surface area contributed by atoms with Gasteiger partial charge in [-0.05, 0) is 87.0 Å². The first-order valence-corrected chi connectivity index (χ1v) is 29.8. The molecule has 480 valence electrons. The highest BCUT2D eigenvalue weighted by atomic mass is 16.6. The second kappa shape index (κ2) is 28.5. The van der Waals surface area contributed by atoms with Crippen molar-refractivity contribution in [3.05, 3.63) is 293 Å². The first kappa shape index (κ1) is 65.8. The molecule has 0 spiro atoms. The predicted octanol–water partition coefficient (Wildman–Crippen LogP) is 14.8. The number of nitrogen functional groups attached to an aromatic ring is 1. The topological polar surface area (TPSA) is 334 Å². The summed E-state index contributed by atoms with van der Waals surface area (Å²) in [5.74, 6) is -1.53. The number of aromatic hydroxyl groups is 2. The van der Waals surface area contributed by atoms with Crippen molar-refractivity contribution in [3.8, 4) is 11.8 Å². The van der Waals surface area contributed by atoms with E-state index in [2.05, 4.69) is 10.3 Å². The summed E-state index contributed by atoms with van der Waals surface area (Å²) in [4.78, 5) is 93.0. The molecule has 23 heteroatoms. The van der Waals surface area contributed by atoms with Crippen LogP contribution in [0.15, 0.2) is 222 Å². The van der Waals surface area contributed by atoms with Gasteiger partial charge in [0.15, 0.2) is 5.88 Å². The molecule has 11 aromatic rings. The standard InChI is InChI=1S/C24H19N3O4.C22H19N3O.C19H16N2O5.C8H6N2O3/c1-15-8-10-18(11-9-15)25-23(17-6-4-3-5-7-17)22-20-13-12-19(27(30)31)14-21(20)26(16(2)28)24(22)29;1-14-7-10-17(11-8-14)24-21(15-5-3-2-4-6-15)20-18-12-9-16(23)13-19(18)25-22(20)26;1-3-26-18(13-7-5-4-6-8-13)17-15-10-9-14(21(24)25)11-16(15)20(12(2)22)19(17)23;11-8-3-5-1-2-6(10(12)13)4-7(5)9-8/h3-14,29H,1-2H3;2-13,25-26H,23H2,1H3;4-11H,3H2,1-2H3;1-2,4H,3H2,(H,9,11)/b;;18-17-;. The predicted molar refractivity (Wildman–Crippen MR) is 368 cm³/mol. The number of aryl methyl sites for hydroxylation is 2. The van der Waals surface area contributed by atoms with Crippen molar-refractivity contribution in [2.75, 3.05) is 22.6 Å². The average Bonchev–Trinajstić information content (AvgIpc) is 1.61. The number of nitro benzene ring substituents is 3. The average molecular weight is 1290 g/mol. The Balaban J connectivity index is 0.000000144. The smallest absolute Gasteiger partial charge is 0.271 e. The zero-order chi connectivity index (χ0) is 68.5. The number of hydrogen-bond acceptors (Lipinski definition) is 16. The number of aromatic nitrogens is 2. The maximum absolute atomic E-state index is 13.0. The second-order valence-corrected chi connectivity index (χ2v) is 21.9. The van der Waals surface area contributed by atoms with Crippen molar-refractivity contribution in [2.45, 2.75) is 41.0 Å². The molecule has 2 aromatic heterocycles. The van der Waals surface area contributed by atoms with Crippen molar-refractivity contribution in [2.24, 2.45) is 9.98 Å². The molecule has 96 heavy (non-hydrogen) atoms. The van der Waals surface area contributed by atoms with Gasteiger partial charge in [0.2, 0.25) is 23.6 Å².